The molecule has 1 atom stereocenters. The number of hydrogen-bond donors (Lipinski definition) is 2. The Morgan fingerprint density at radius 1 is 1.46 bits per heavy atom. The molecule has 6 heteroatoms. The molecule has 0 aliphatic carbocycles. The smallest absolute Gasteiger partial charge is 0.220 e. The summed E-state index contributed by atoms with van der Waals surface area (Å²) in [6.07, 6.45) is 0. The molecule has 0 rings (SSSR count). The fourth-order valence-electron chi connectivity index (χ4n) is 0.561. The van der Waals surface area contributed by atoms with E-state index < -0.39 is 15.3 Å². The van der Waals surface area contributed by atoms with E-state index in [9.17, 15) is 8.42 Å². The van der Waals surface area contributed by atoms with E-state index in [1.165, 1.54) is 6.92 Å². The van der Waals surface area contributed by atoms with Crippen LogP contribution in [0, 0.1) is 5.92 Å². The second kappa shape index (κ2) is 4.88. The van der Waals surface area contributed by atoms with Gasteiger partial charge in [0.05, 0.1) is 4.99 Å². The SMILES string of the molecule is CC(C)CNS(=O)(=O)C(C)C(N)=S. The molecule has 0 fully saturated rings. The molecule has 4 nitrogen and oxygen atoms in total. The van der Waals surface area contributed by atoms with Crippen LogP contribution in [0.2, 0.25) is 0 Å². The zero-order valence-electron chi connectivity index (χ0n) is 8.07. The summed E-state index contributed by atoms with van der Waals surface area (Å²) in [4.78, 5) is -0.00347. The van der Waals surface area contributed by atoms with Gasteiger partial charge < -0.3 is 5.73 Å². The fourth-order valence-corrected chi connectivity index (χ4v) is 2.06. The van der Waals surface area contributed by atoms with E-state index in [0.717, 1.165) is 0 Å². The second-order valence-corrected chi connectivity index (χ2v) is 5.89. The molecule has 0 heterocycles. The summed E-state index contributed by atoms with van der Waals surface area (Å²) in [7, 11) is -3.37. The Labute approximate surface area is 84.9 Å². The van der Waals surface area contributed by atoms with Gasteiger partial charge in [-0.1, -0.05) is 26.1 Å². The third-order valence-corrected chi connectivity index (χ3v) is 3.82. The molecule has 78 valence electrons. The van der Waals surface area contributed by atoms with Crippen LogP contribution in [0.1, 0.15) is 20.8 Å². The highest BCUT2D eigenvalue weighted by atomic mass is 32.2. The maximum atomic E-state index is 11.4. The number of thiocarbonyl (C=S) groups is 1. The van der Waals surface area contributed by atoms with Gasteiger partial charge in [-0.05, 0) is 12.8 Å². The molecular formula is C7H16N2O2S2. The van der Waals surface area contributed by atoms with Crippen molar-refractivity contribution in [2.75, 3.05) is 6.54 Å². The Bertz CT molecular complexity index is 272. The highest BCUT2D eigenvalue weighted by molar-refractivity contribution is 7.93. The first-order valence-corrected chi connectivity index (χ1v) is 6.00. The van der Waals surface area contributed by atoms with E-state index in [1.54, 1.807) is 0 Å². The van der Waals surface area contributed by atoms with E-state index in [4.69, 9.17) is 5.73 Å². The van der Waals surface area contributed by atoms with Crippen molar-refractivity contribution in [1.29, 1.82) is 0 Å². The first-order valence-electron chi connectivity index (χ1n) is 4.05. The summed E-state index contributed by atoms with van der Waals surface area (Å²) >= 11 is 4.60. The molecule has 0 saturated carbocycles. The number of nitrogens with two attached hydrogens (primary N) is 1. The minimum Gasteiger partial charge on any atom is -0.392 e. The third kappa shape index (κ3) is 4.54. The Morgan fingerprint density at radius 2 is 1.92 bits per heavy atom. The summed E-state index contributed by atoms with van der Waals surface area (Å²) in [6, 6.07) is 0. The number of hydrogen-bond acceptors (Lipinski definition) is 3. The molecule has 0 bridgehead atoms. The molecule has 1 unspecified atom stereocenters. The lowest BCUT2D eigenvalue weighted by Crippen LogP contribution is -2.41. The molecule has 0 aromatic heterocycles. The average molecular weight is 224 g/mol. The van der Waals surface area contributed by atoms with Crippen LogP contribution >= 0.6 is 12.2 Å². The summed E-state index contributed by atoms with van der Waals surface area (Å²) in [5.41, 5.74) is 5.24. The second-order valence-electron chi connectivity index (χ2n) is 3.33. The van der Waals surface area contributed by atoms with Crippen LogP contribution in [-0.4, -0.2) is 25.2 Å². The van der Waals surface area contributed by atoms with Gasteiger partial charge in [0.1, 0.15) is 5.25 Å². The molecule has 3 N–H and O–H groups in total. The molecule has 0 aliphatic rings. The van der Waals surface area contributed by atoms with Crippen LogP contribution < -0.4 is 10.5 Å². The summed E-state index contributed by atoms with van der Waals surface area (Å²) in [5.74, 6) is 0.272. The van der Waals surface area contributed by atoms with Crippen LogP contribution in [-0.2, 0) is 10.0 Å². The molecule has 13 heavy (non-hydrogen) atoms. The van der Waals surface area contributed by atoms with E-state index in [1.807, 2.05) is 13.8 Å². The summed E-state index contributed by atoms with van der Waals surface area (Å²) in [6.45, 7) is 5.74. The molecule has 0 amide bonds. The van der Waals surface area contributed by atoms with Crippen molar-refractivity contribution < 1.29 is 8.42 Å². The van der Waals surface area contributed by atoms with Crippen LogP contribution in [0.25, 0.3) is 0 Å². The zero-order valence-corrected chi connectivity index (χ0v) is 9.71. The Morgan fingerprint density at radius 3 is 2.23 bits per heavy atom. The van der Waals surface area contributed by atoms with Gasteiger partial charge in [0.25, 0.3) is 0 Å². The first-order chi connectivity index (χ1) is 5.77. The van der Waals surface area contributed by atoms with Gasteiger partial charge in [-0.25, -0.2) is 13.1 Å². The minimum atomic E-state index is -3.37. The van der Waals surface area contributed by atoms with Gasteiger partial charge in [-0.15, -0.1) is 0 Å². The fraction of sp³-hybridized carbons (Fsp3) is 0.857. The van der Waals surface area contributed by atoms with Crippen LogP contribution in [0.15, 0.2) is 0 Å². The average Bonchev–Trinajstić information content (AvgIpc) is 1.99. The minimum absolute atomic E-state index is 0.00347. The van der Waals surface area contributed by atoms with Crippen molar-refractivity contribution >= 4 is 27.2 Å². The van der Waals surface area contributed by atoms with E-state index in [-0.39, 0.29) is 10.9 Å². The third-order valence-electron chi connectivity index (χ3n) is 1.56. The monoisotopic (exact) mass is 224 g/mol. The van der Waals surface area contributed by atoms with Gasteiger partial charge in [-0.3, -0.25) is 0 Å². The lowest BCUT2D eigenvalue weighted by Gasteiger charge is -2.13. The van der Waals surface area contributed by atoms with Crippen LogP contribution in [0.4, 0.5) is 0 Å². The summed E-state index contributed by atoms with van der Waals surface area (Å²) in [5, 5.41) is -0.804. The maximum absolute atomic E-state index is 11.4. The molecule has 0 aliphatic heterocycles. The van der Waals surface area contributed by atoms with E-state index >= 15 is 0 Å². The zero-order chi connectivity index (χ0) is 10.6. The van der Waals surface area contributed by atoms with Gasteiger partial charge >= 0.3 is 0 Å². The normalized spacial score (nSPS) is 14.5. The lowest BCUT2D eigenvalue weighted by molar-refractivity contribution is 0.557. The molecule has 0 spiro atoms. The highest BCUT2D eigenvalue weighted by Gasteiger charge is 2.22. The number of rotatable bonds is 5. The lowest BCUT2D eigenvalue weighted by atomic mass is 10.2. The van der Waals surface area contributed by atoms with E-state index in [0.29, 0.717) is 6.54 Å². The molecular weight excluding hydrogens is 208 g/mol. The number of nitrogens with one attached hydrogen (secondary N) is 1. The summed E-state index contributed by atoms with van der Waals surface area (Å²) < 4.78 is 25.2. The molecule has 0 aromatic carbocycles. The highest BCUT2D eigenvalue weighted by Crippen LogP contribution is 1.99. The Hall–Kier alpha value is -0.200. The quantitative estimate of drug-likeness (QED) is 0.656. The van der Waals surface area contributed by atoms with Crippen molar-refractivity contribution in [3.8, 4) is 0 Å². The Balaban J connectivity index is 4.33. The molecule has 0 radical (unpaired) electrons. The van der Waals surface area contributed by atoms with Crippen molar-refractivity contribution in [2.24, 2.45) is 11.7 Å². The Kier molecular flexibility index (Phi) is 4.80. The predicted molar refractivity (Wildman–Crippen MR) is 58.0 cm³/mol. The molecule has 0 saturated heterocycles. The van der Waals surface area contributed by atoms with Crippen molar-refractivity contribution in [1.82, 2.24) is 4.72 Å². The van der Waals surface area contributed by atoms with Crippen LogP contribution in [0.3, 0.4) is 0 Å². The van der Waals surface area contributed by atoms with Crippen LogP contribution in [0.5, 0.6) is 0 Å². The largest absolute Gasteiger partial charge is 0.392 e. The predicted octanol–water partition coefficient (Wildman–Crippen LogP) is 0.236. The van der Waals surface area contributed by atoms with Crippen molar-refractivity contribution in [2.45, 2.75) is 26.0 Å². The van der Waals surface area contributed by atoms with Gasteiger partial charge in [0.2, 0.25) is 10.0 Å². The van der Waals surface area contributed by atoms with Gasteiger partial charge in [-0.2, -0.15) is 0 Å². The van der Waals surface area contributed by atoms with Crippen molar-refractivity contribution in [3.05, 3.63) is 0 Å². The first kappa shape index (κ1) is 12.8. The van der Waals surface area contributed by atoms with Gasteiger partial charge in [0, 0.05) is 6.54 Å². The standard InChI is InChI=1S/C7H16N2O2S2/c1-5(2)4-9-13(10,11)6(3)7(8)12/h5-6,9H,4H2,1-3H3,(H2,8,12). The number of sulfonamides is 1. The topological polar surface area (TPSA) is 72.2 Å². The molecule has 0 aromatic rings. The maximum Gasteiger partial charge on any atom is 0.220 e. The van der Waals surface area contributed by atoms with E-state index in [2.05, 4.69) is 16.9 Å². The van der Waals surface area contributed by atoms with Crippen molar-refractivity contribution in [3.63, 3.8) is 0 Å². The van der Waals surface area contributed by atoms with Gasteiger partial charge in [0.15, 0.2) is 0 Å².